The van der Waals surface area contributed by atoms with E-state index in [4.69, 9.17) is 5.73 Å². The molecule has 2 aromatic rings. The predicted octanol–water partition coefficient (Wildman–Crippen LogP) is 2.95. The Morgan fingerprint density at radius 1 is 1.41 bits per heavy atom. The number of aryl methyl sites for hydroxylation is 1. The van der Waals surface area contributed by atoms with Crippen LogP contribution in [0.5, 0.6) is 0 Å². The van der Waals surface area contributed by atoms with E-state index in [1.807, 2.05) is 23.9 Å². The van der Waals surface area contributed by atoms with E-state index in [-0.39, 0.29) is 6.04 Å². The molecule has 90 valence electrons. The minimum atomic E-state index is -0.166. The van der Waals surface area contributed by atoms with Crippen LogP contribution in [0.2, 0.25) is 0 Å². The largest absolute Gasteiger partial charge is 0.319 e. The Morgan fingerprint density at radius 3 is 2.71 bits per heavy atom. The van der Waals surface area contributed by atoms with Crippen molar-refractivity contribution in [3.05, 3.63) is 46.2 Å². The average molecular weight is 312 g/mol. The number of thioether (sulfide) groups is 1. The maximum absolute atomic E-state index is 6.33. The lowest BCUT2D eigenvalue weighted by Gasteiger charge is -2.16. The van der Waals surface area contributed by atoms with Crippen LogP contribution in [0, 0.1) is 0 Å². The minimum Gasteiger partial charge on any atom is -0.319 e. The number of halogens is 1. The van der Waals surface area contributed by atoms with Crippen molar-refractivity contribution in [2.45, 2.75) is 10.9 Å². The zero-order valence-electron chi connectivity index (χ0n) is 9.72. The van der Waals surface area contributed by atoms with Gasteiger partial charge in [0.05, 0.1) is 22.4 Å². The molecule has 0 radical (unpaired) electrons. The number of nitrogens with two attached hydrogens (primary N) is 1. The molecule has 0 saturated carbocycles. The van der Waals surface area contributed by atoms with Crippen LogP contribution >= 0.6 is 27.7 Å². The van der Waals surface area contributed by atoms with Crippen molar-refractivity contribution < 1.29 is 0 Å². The summed E-state index contributed by atoms with van der Waals surface area (Å²) in [6, 6.07) is 8.03. The maximum atomic E-state index is 6.33. The van der Waals surface area contributed by atoms with Gasteiger partial charge in [0.1, 0.15) is 0 Å². The fourth-order valence-corrected chi connectivity index (χ4v) is 3.08. The Kier molecular flexibility index (Phi) is 3.91. The highest BCUT2D eigenvalue weighted by molar-refractivity contribution is 9.10. The molecule has 0 saturated heterocycles. The monoisotopic (exact) mass is 311 g/mol. The van der Waals surface area contributed by atoms with Crippen LogP contribution in [0.15, 0.2) is 39.8 Å². The first-order valence-corrected chi connectivity index (χ1v) is 7.22. The van der Waals surface area contributed by atoms with E-state index in [9.17, 15) is 0 Å². The second kappa shape index (κ2) is 5.25. The summed E-state index contributed by atoms with van der Waals surface area (Å²) < 4.78 is 2.76. The molecule has 3 nitrogen and oxygen atoms in total. The fraction of sp³-hybridized carbons (Fsp3) is 0.250. The molecule has 2 N–H and O–H groups in total. The number of aromatic nitrogens is 2. The van der Waals surface area contributed by atoms with Gasteiger partial charge in [0, 0.05) is 11.9 Å². The molecule has 5 heteroatoms. The first-order valence-electron chi connectivity index (χ1n) is 5.21. The van der Waals surface area contributed by atoms with Crippen LogP contribution in [0.25, 0.3) is 0 Å². The zero-order chi connectivity index (χ0) is 12.4. The highest BCUT2D eigenvalue weighted by atomic mass is 79.9. The van der Waals surface area contributed by atoms with Crippen molar-refractivity contribution in [1.82, 2.24) is 9.78 Å². The Balaban J connectivity index is 2.47. The molecule has 1 heterocycles. The smallest absolute Gasteiger partial charge is 0.0745 e. The summed E-state index contributed by atoms with van der Waals surface area (Å²) >= 11 is 5.20. The second-order valence-corrected chi connectivity index (χ2v) is 5.42. The molecule has 0 amide bonds. The Hall–Kier alpha value is -0.780. The first kappa shape index (κ1) is 12.7. The molecule has 0 fully saturated rings. The lowest BCUT2D eigenvalue weighted by Crippen LogP contribution is -2.17. The second-order valence-electron chi connectivity index (χ2n) is 3.72. The van der Waals surface area contributed by atoms with Crippen LogP contribution < -0.4 is 5.73 Å². The van der Waals surface area contributed by atoms with Gasteiger partial charge in [-0.15, -0.1) is 11.8 Å². The van der Waals surface area contributed by atoms with Gasteiger partial charge >= 0.3 is 0 Å². The number of hydrogen-bond acceptors (Lipinski definition) is 3. The molecule has 0 aliphatic carbocycles. The highest BCUT2D eigenvalue weighted by Crippen LogP contribution is 2.31. The number of nitrogens with zero attached hydrogens (tertiary/aromatic N) is 2. The third-order valence-corrected chi connectivity index (χ3v) is 4.13. The topological polar surface area (TPSA) is 43.8 Å². The molecule has 1 unspecified atom stereocenters. The van der Waals surface area contributed by atoms with Crippen molar-refractivity contribution in [1.29, 1.82) is 0 Å². The maximum Gasteiger partial charge on any atom is 0.0745 e. The van der Waals surface area contributed by atoms with E-state index in [1.165, 1.54) is 4.90 Å². The molecular formula is C12H14BrN3S. The zero-order valence-corrected chi connectivity index (χ0v) is 12.1. The Morgan fingerprint density at radius 2 is 2.12 bits per heavy atom. The number of rotatable bonds is 3. The molecule has 17 heavy (non-hydrogen) atoms. The fourth-order valence-electron chi connectivity index (χ4n) is 1.84. The summed E-state index contributed by atoms with van der Waals surface area (Å²) in [6.45, 7) is 0. The third-order valence-electron chi connectivity index (χ3n) is 2.71. The molecule has 0 aliphatic rings. The molecule has 2 rings (SSSR count). The van der Waals surface area contributed by atoms with Crippen molar-refractivity contribution in [2.24, 2.45) is 12.8 Å². The van der Waals surface area contributed by atoms with Crippen molar-refractivity contribution in [3.8, 4) is 0 Å². The summed E-state index contributed by atoms with van der Waals surface area (Å²) in [5.41, 5.74) is 8.46. The van der Waals surface area contributed by atoms with Gasteiger partial charge in [0.15, 0.2) is 0 Å². The van der Waals surface area contributed by atoms with Gasteiger partial charge < -0.3 is 5.73 Å². The quantitative estimate of drug-likeness (QED) is 0.886. The number of hydrogen-bond donors (Lipinski definition) is 1. The van der Waals surface area contributed by atoms with Crippen LogP contribution in [-0.4, -0.2) is 16.0 Å². The standard InChI is InChI=1S/C12H14BrN3S/c1-16-12(9(13)7-15-16)11(14)8-5-3-4-6-10(8)17-2/h3-7,11H,14H2,1-2H3. The van der Waals surface area contributed by atoms with Crippen LogP contribution in [0.1, 0.15) is 17.3 Å². The average Bonchev–Trinajstić information content (AvgIpc) is 2.68. The van der Waals surface area contributed by atoms with E-state index < -0.39 is 0 Å². The molecule has 1 atom stereocenters. The lowest BCUT2D eigenvalue weighted by atomic mass is 10.0. The summed E-state index contributed by atoms with van der Waals surface area (Å²) in [5.74, 6) is 0. The van der Waals surface area contributed by atoms with Gasteiger partial charge in [-0.3, -0.25) is 4.68 Å². The normalized spacial score (nSPS) is 12.7. The summed E-state index contributed by atoms with van der Waals surface area (Å²) in [5, 5.41) is 4.20. The van der Waals surface area contributed by atoms with E-state index in [0.29, 0.717) is 0 Å². The van der Waals surface area contributed by atoms with E-state index >= 15 is 0 Å². The predicted molar refractivity (Wildman–Crippen MR) is 75.2 cm³/mol. The lowest BCUT2D eigenvalue weighted by molar-refractivity contribution is 0.666. The van der Waals surface area contributed by atoms with Gasteiger partial charge in [0.25, 0.3) is 0 Å². The van der Waals surface area contributed by atoms with Gasteiger partial charge in [-0.05, 0) is 33.8 Å². The Labute approximate surface area is 114 Å². The highest BCUT2D eigenvalue weighted by Gasteiger charge is 2.18. The van der Waals surface area contributed by atoms with Gasteiger partial charge in [-0.25, -0.2) is 0 Å². The van der Waals surface area contributed by atoms with Crippen molar-refractivity contribution in [3.63, 3.8) is 0 Å². The van der Waals surface area contributed by atoms with Crippen LogP contribution in [0.4, 0.5) is 0 Å². The van der Waals surface area contributed by atoms with E-state index in [0.717, 1.165) is 15.7 Å². The summed E-state index contributed by atoms with van der Waals surface area (Å²) in [6.07, 6.45) is 3.83. The minimum absolute atomic E-state index is 0.166. The molecule has 1 aromatic heterocycles. The SMILES string of the molecule is CSc1ccccc1C(N)c1c(Br)cnn1C. The first-order chi connectivity index (χ1) is 8.15. The summed E-state index contributed by atoms with van der Waals surface area (Å²) in [4.78, 5) is 1.20. The van der Waals surface area contributed by atoms with Gasteiger partial charge in [0.2, 0.25) is 0 Å². The Bertz CT molecular complexity index is 505. The van der Waals surface area contributed by atoms with Gasteiger partial charge in [-0.2, -0.15) is 5.10 Å². The molecule has 0 bridgehead atoms. The molecule has 0 spiro atoms. The van der Waals surface area contributed by atoms with Crippen molar-refractivity contribution in [2.75, 3.05) is 6.26 Å². The van der Waals surface area contributed by atoms with Crippen LogP contribution in [0.3, 0.4) is 0 Å². The molecule has 1 aromatic carbocycles. The third kappa shape index (κ3) is 2.41. The number of benzene rings is 1. The van der Waals surface area contributed by atoms with Gasteiger partial charge in [-0.1, -0.05) is 18.2 Å². The van der Waals surface area contributed by atoms with Crippen LogP contribution in [-0.2, 0) is 7.05 Å². The van der Waals surface area contributed by atoms with Crippen molar-refractivity contribution >= 4 is 27.7 Å². The van der Waals surface area contributed by atoms with E-state index in [1.54, 1.807) is 18.0 Å². The molecule has 0 aliphatic heterocycles. The molecular weight excluding hydrogens is 298 g/mol. The summed E-state index contributed by atoms with van der Waals surface area (Å²) in [7, 11) is 1.90. The van der Waals surface area contributed by atoms with E-state index in [2.05, 4.69) is 39.4 Å².